The number of halogens is 2. The minimum atomic E-state index is -0.205. The van der Waals surface area contributed by atoms with Crippen molar-refractivity contribution in [1.82, 2.24) is 4.98 Å². The van der Waals surface area contributed by atoms with Gasteiger partial charge in [-0.3, -0.25) is 9.78 Å². The van der Waals surface area contributed by atoms with Crippen molar-refractivity contribution in [2.24, 2.45) is 0 Å². The number of rotatable bonds is 2. The minimum Gasteiger partial charge on any atom is -0.323 e. The van der Waals surface area contributed by atoms with Crippen LogP contribution >= 0.6 is 24.0 Å². The molecular formula is C10H14Cl2N2O. The van der Waals surface area contributed by atoms with Gasteiger partial charge in [-0.1, -0.05) is 0 Å². The second kappa shape index (κ2) is 5.93. The molecule has 3 nitrogen and oxygen atoms in total. The fourth-order valence-corrected chi connectivity index (χ4v) is 1.45. The van der Waals surface area contributed by atoms with Crippen molar-refractivity contribution >= 4 is 35.6 Å². The molecule has 0 aliphatic rings. The molecule has 0 radical (unpaired) electrons. The Hall–Kier alpha value is -0.800. The third kappa shape index (κ3) is 3.68. The molecule has 1 heterocycles. The molecule has 1 rings (SSSR count). The van der Waals surface area contributed by atoms with Gasteiger partial charge in [-0.25, -0.2) is 0 Å². The van der Waals surface area contributed by atoms with Crippen LogP contribution in [0.4, 0.5) is 5.69 Å². The maximum Gasteiger partial charge on any atom is 0.239 e. The van der Waals surface area contributed by atoms with Crippen LogP contribution < -0.4 is 5.32 Å². The van der Waals surface area contributed by atoms with Crippen molar-refractivity contribution in [2.45, 2.75) is 20.8 Å². The van der Waals surface area contributed by atoms with Gasteiger partial charge in [0.05, 0.1) is 11.4 Å². The van der Waals surface area contributed by atoms with Crippen molar-refractivity contribution in [3.05, 3.63) is 23.0 Å². The number of hydrogen-bond donors (Lipinski definition) is 1. The van der Waals surface area contributed by atoms with Crippen molar-refractivity contribution in [1.29, 1.82) is 0 Å². The van der Waals surface area contributed by atoms with Crippen LogP contribution in [0.2, 0.25) is 0 Å². The summed E-state index contributed by atoms with van der Waals surface area (Å²) in [6.07, 6.45) is 0. The Morgan fingerprint density at radius 1 is 1.47 bits per heavy atom. The zero-order chi connectivity index (χ0) is 10.7. The average molecular weight is 249 g/mol. The first-order chi connectivity index (χ1) is 6.54. The van der Waals surface area contributed by atoms with E-state index in [0.717, 1.165) is 22.6 Å². The normalized spacial score (nSPS) is 9.33. The number of amides is 1. The number of carbonyl (C=O) groups excluding carboxylic acids is 1. The summed E-state index contributed by atoms with van der Waals surface area (Å²) in [5, 5.41) is 2.72. The van der Waals surface area contributed by atoms with Gasteiger partial charge >= 0.3 is 0 Å². The van der Waals surface area contributed by atoms with E-state index in [1.54, 1.807) is 0 Å². The Morgan fingerprint density at radius 2 is 2.07 bits per heavy atom. The summed E-state index contributed by atoms with van der Waals surface area (Å²) >= 11 is 5.41. The number of nitrogens with zero attached hydrogens (tertiary/aromatic N) is 1. The smallest absolute Gasteiger partial charge is 0.239 e. The number of aromatic nitrogens is 1. The van der Waals surface area contributed by atoms with Crippen molar-refractivity contribution in [3.63, 3.8) is 0 Å². The lowest BCUT2D eigenvalue weighted by Crippen LogP contribution is -2.15. The predicted molar refractivity (Wildman–Crippen MR) is 65.0 cm³/mol. The Labute approximate surface area is 101 Å². The zero-order valence-electron chi connectivity index (χ0n) is 8.93. The van der Waals surface area contributed by atoms with E-state index in [1.165, 1.54) is 0 Å². The minimum absolute atomic E-state index is 0. The summed E-state index contributed by atoms with van der Waals surface area (Å²) in [7, 11) is 0. The lowest BCUT2D eigenvalue weighted by atomic mass is 10.1. The number of alkyl halides is 1. The molecule has 0 spiro atoms. The molecule has 15 heavy (non-hydrogen) atoms. The summed E-state index contributed by atoms with van der Waals surface area (Å²) in [6.45, 7) is 5.72. The van der Waals surface area contributed by atoms with E-state index in [0.29, 0.717) is 0 Å². The molecule has 0 atom stereocenters. The lowest BCUT2D eigenvalue weighted by Gasteiger charge is -2.10. The fourth-order valence-electron chi connectivity index (χ4n) is 1.39. The first-order valence-electron chi connectivity index (χ1n) is 4.35. The standard InChI is InChI=1S/C10H13ClN2O.ClH/c1-6-4-7(2)12-8(3)10(6)13-9(14)5-11;/h4H,5H2,1-3H3,(H,13,14);1H. The summed E-state index contributed by atoms with van der Waals surface area (Å²) in [5.74, 6) is -0.240. The number of pyridine rings is 1. The molecular weight excluding hydrogens is 235 g/mol. The first-order valence-corrected chi connectivity index (χ1v) is 4.88. The molecule has 0 aromatic carbocycles. The molecule has 0 aliphatic carbocycles. The largest absolute Gasteiger partial charge is 0.323 e. The highest BCUT2D eigenvalue weighted by atomic mass is 35.5. The van der Waals surface area contributed by atoms with Gasteiger partial charge in [-0.05, 0) is 32.4 Å². The summed E-state index contributed by atoms with van der Waals surface area (Å²) in [4.78, 5) is 15.4. The van der Waals surface area contributed by atoms with Crippen LogP contribution in [0.1, 0.15) is 17.0 Å². The third-order valence-corrected chi connectivity index (χ3v) is 2.15. The Balaban J connectivity index is 0.00000196. The van der Waals surface area contributed by atoms with E-state index in [1.807, 2.05) is 26.8 Å². The molecule has 1 N–H and O–H groups in total. The Morgan fingerprint density at radius 3 is 2.53 bits per heavy atom. The molecule has 84 valence electrons. The van der Waals surface area contributed by atoms with Gasteiger partial charge in [0.1, 0.15) is 5.88 Å². The van der Waals surface area contributed by atoms with Gasteiger partial charge in [-0.15, -0.1) is 24.0 Å². The second-order valence-electron chi connectivity index (χ2n) is 3.22. The third-order valence-electron chi connectivity index (χ3n) is 1.91. The van der Waals surface area contributed by atoms with Crippen LogP contribution in [0.15, 0.2) is 6.07 Å². The maximum atomic E-state index is 11.1. The average Bonchev–Trinajstić information content (AvgIpc) is 2.10. The van der Waals surface area contributed by atoms with Crippen LogP contribution in [-0.4, -0.2) is 16.8 Å². The highest BCUT2D eigenvalue weighted by molar-refractivity contribution is 6.29. The van der Waals surface area contributed by atoms with Crippen molar-refractivity contribution < 1.29 is 4.79 Å². The number of anilines is 1. The second-order valence-corrected chi connectivity index (χ2v) is 3.49. The molecule has 0 unspecified atom stereocenters. The summed E-state index contributed by atoms with van der Waals surface area (Å²) < 4.78 is 0. The first kappa shape index (κ1) is 14.2. The van der Waals surface area contributed by atoms with E-state index < -0.39 is 0 Å². The molecule has 1 amide bonds. The molecule has 0 fully saturated rings. The summed E-state index contributed by atoms with van der Waals surface area (Å²) in [5.41, 5.74) is 3.54. The van der Waals surface area contributed by atoms with E-state index >= 15 is 0 Å². The van der Waals surface area contributed by atoms with Gasteiger partial charge in [0.25, 0.3) is 0 Å². The summed E-state index contributed by atoms with van der Waals surface area (Å²) in [6, 6.07) is 1.93. The molecule has 0 bridgehead atoms. The molecule has 0 saturated heterocycles. The van der Waals surface area contributed by atoms with Crippen LogP contribution in [0, 0.1) is 20.8 Å². The molecule has 5 heteroatoms. The lowest BCUT2D eigenvalue weighted by molar-refractivity contribution is -0.113. The topological polar surface area (TPSA) is 42.0 Å². The number of hydrogen-bond acceptors (Lipinski definition) is 2. The molecule has 0 saturated carbocycles. The van der Waals surface area contributed by atoms with Crippen molar-refractivity contribution in [3.8, 4) is 0 Å². The van der Waals surface area contributed by atoms with Gasteiger partial charge in [0.2, 0.25) is 5.91 Å². The van der Waals surface area contributed by atoms with Crippen LogP contribution in [0.25, 0.3) is 0 Å². The zero-order valence-corrected chi connectivity index (χ0v) is 10.5. The van der Waals surface area contributed by atoms with Crippen LogP contribution in [0.5, 0.6) is 0 Å². The highest BCUT2D eigenvalue weighted by Crippen LogP contribution is 2.18. The Kier molecular flexibility index (Phi) is 5.61. The van der Waals surface area contributed by atoms with E-state index in [2.05, 4.69) is 10.3 Å². The molecule has 1 aromatic heterocycles. The number of aryl methyl sites for hydroxylation is 3. The van der Waals surface area contributed by atoms with E-state index in [9.17, 15) is 4.79 Å². The van der Waals surface area contributed by atoms with E-state index in [4.69, 9.17) is 11.6 Å². The van der Waals surface area contributed by atoms with Gasteiger partial charge in [-0.2, -0.15) is 0 Å². The SMILES string of the molecule is Cc1cc(C)c(NC(=O)CCl)c(C)n1.Cl. The van der Waals surface area contributed by atoms with Gasteiger partial charge in [0, 0.05) is 5.69 Å². The van der Waals surface area contributed by atoms with Crippen molar-refractivity contribution in [2.75, 3.05) is 11.2 Å². The quantitative estimate of drug-likeness (QED) is 0.818. The monoisotopic (exact) mass is 248 g/mol. The molecule has 0 aliphatic heterocycles. The highest BCUT2D eigenvalue weighted by Gasteiger charge is 2.07. The van der Waals surface area contributed by atoms with E-state index in [-0.39, 0.29) is 24.2 Å². The van der Waals surface area contributed by atoms with Gasteiger partial charge < -0.3 is 5.32 Å². The number of carbonyl (C=O) groups is 1. The predicted octanol–water partition coefficient (Wildman–Crippen LogP) is 2.61. The number of nitrogens with one attached hydrogen (secondary N) is 1. The molecule has 1 aromatic rings. The fraction of sp³-hybridized carbons (Fsp3) is 0.400. The van der Waals surface area contributed by atoms with Crippen LogP contribution in [-0.2, 0) is 4.79 Å². The van der Waals surface area contributed by atoms with Crippen LogP contribution in [0.3, 0.4) is 0 Å². The maximum absolute atomic E-state index is 11.1. The van der Waals surface area contributed by atoms with Gasteiger partial charge in [0.15, 0.2) is 0 Å². The Bertz CT molecular complexity index is 343.